The van der Waals surface area contributed by atoms with Gasteiger partial charge in [-0.25, -0.2) is 4.79 Å². The molecule has 2 aromatic rings. The maximum Gasteiger partial charge on any atom is 0.437 e. The lowest BCUT2D eigenvalue weighted by Crippen LogP contribution is -2.72. The van der Waals surface area contributed by atoms with Crippen molar-refractivity contribution in [3.8, 4) is 0 Å². The number of pyridine rings is 1. The molecule has 1 fully saturated rings. The molecule has 2 heterocycles. The molecule has 1 saturated heterocycles. The SMILES string of the molecule is CN(C)c1ccc([C@@H]2NC(=O)N[C@](O)(C(F)(F)F)[C@H]2C(=O)c2cccnc2)cc1. The summed E-state index contributed by atoms with van der Waals surface area (Å²) in [5, 5.41) is 14.3. The number of amides is 2. The Bertz CT molecular complexity index is 903. The number of hydrogen-bond acceptors (Lipinski definition) is 5. The highest BCUT2D eigenvalue weighted by molar-refractivity contribution is 6.00. The minimum absolute atomic E-state index is 0.118. The van der Waals surface area contributed by atoms with Crippen LogP contribution in [-0.2, 0) is 0 Å². The molecule has 0 spiro atoms. The van der Waals surface area contributed by atoms with E-state index in [1.54, 1.807) is 31.1 Å². The van der Waals surface area contributed by atoms with Gasteiger partial charge >= 0.3 is 12.2 Å². The number of rotatable bonds is 4. The third-order valence-electron chi connectivity index (χ3n) is 4.80. The summed E-state index contributed by atoms with van der Waals surface area (Å²) in [6.45, 7) is 0. The fourth-order valence-electron chi connectivity index (χ4n) is 3.28. The van der Waals surface area contributed by atoms with Gasteiger partial charge in [0.15, 0.2) is 5.78 Å². The number of hydrogen-bond donors (Lipinski definition) is 3. The Morgan fingerprint density at radius 2 is 1.86 bits per heavy atom. The topological polar surface area (TPSA) is 94.6 Å². The number of ketones is 1. The van der Waals surface area contributed by atoms with Crippen LogP contribution >= 0.6 is 0 Å². The zero-order valence-electron chi connectivity index (χ0n) is 15.6. The van der Waals surface area contributed by atoms with Crippen LogP contribution in [0.25, 0.3) is 0 Å². The largest absolute Gasteiger partial charge is 0.437 e. The smallest absolute Gasteiger partial charge is 0.378 e. The van der Waals surface area contributed by atoms with E-state index in [0.717, 1.165) is 11.9 Å². The standard InChI is InChI=1S/C19H19F3N4O3/c1-26(2)13-7-5-11(6-8-13)15-14(16(27)12-4-3-9-23-10-12)18(29,19(20,21)22)25-17(28)24-15/h3-10,14-15,29H,1-2H3,(H2,24,25,28)/t14-,15+,18-/m1/s1. The first-order chi connectivity index (χ1) is 13.5. The molecule has 3 atom stereocenters. The first-order valence-electron chi connectivity index (χ1n) is 8.64. The number of carbonyl (C=O) groups is 2. The van der Waals surface area contributed by atoms with Crippen LogP contribution in [0.2, 0.25) is 0 Å². The van der Waals surface area contributed by atoms with E-state index in [0.29, 0.717) is 0 Å². The van der Waals surface area contributed by atoms with Gasteiger partial charge in [-0.2, -0.15) is 13.2 Å². The van der Waals surface area contributed by atoms with Crippen molar-refractivity contribution in [3.63, 3.8) is 0 Å². The molecular formula is C19H19F3N4O3. The number of aliphatic hydroxyl groups is 1. The molecule has 7 nitrogen and oxygen atoms in total. The summed E-state index contributed by atoms with van der Waals surface area (Å²) in [4.78, 5) is 30.5. The lowest BCUT2D eigenvalue weighted by molar-refractivity contribution is -0.287. The summed E-state index contributed by atoms with van der Waals surface area (Å²) < 4.78 is 41.5. The van der Waals surface area contributed by atoms with Crippen molar-refractivity contribution in [2.75, 3.05) is 19.0 Å². The minimum atomic E-state index is -5.30. The number of Topliss-reactive ketones (excluding diaryl/α,β-unsaturated/α-hetero) is 1. The molecule has 10 heteroatoms. The van der Waals surface area contributed by atoms with Crippen LogP contribution in [0, 0.1) is 5.92 Å². The van der Waals surface area contributed by atoms with Crippen LogP contribution < -0.4 is 15.5 Å². The molecule has 0 aliphatic carbocycles. The average molecular weight is 408 g/mol. The number of nitrogens with zero attached hydrogens (tertiary/aromatic N) is 2. The molecule has 1 aromatic heterocycles. The third kappa shape index (κ3) is 3.75. The van der Waals surface area contributed by atoms with E-state index >= 15 is 0 Å². The van der Waals surface area contributed by atoms with Crippen LogP contribution in [0.1, 0.15) is 22.0 Å². The maximum absolute atomic E-state index is 13.8. The highest BCUT2D eigenvalue weighted by atomic mass is 19.4. The van der Waals surface area contributed by atoms with E-state index in [2.05, 4.69) is 10.3 Å². The molecule has 1 aliphatic rings. The molecule has 1 aliphatic heterocycles. The summed E-state index contributed by atoms with van der Waals surface area (Å²) in [6, 6.07) is 6.34. The van der Waals surface area contributed by atoms with Crippen molar-refractivity contribution in [2.24, 2.45) is 5.92 Å². The Morgan fingerprint density at radius 1 is 1.21 bits per heavy atom. The van der Waals surface area contributed by atoms with Gasteiger partial charge in [0.25, 0.3) is 0 Å². The third-order valence-corrected chi connectivity index (χ3v) is 4.80. The predicted octanol–water partition coefficient (Wildman–Crippen LogP) is 2.25. The van der Waals surface area contributed by atoms with Gasteiger partial charge in [0, 0.05) is 37.7 Å². The van der Waals surface area contributed by atoms with Crippen LogP contribution in [0.4, 0.5) is 23.7 Å². The number of benzene rings is 1. The van der Waals surface area contributed by atoms with Crippen LogP contribution in [0.5, 0.6) is 0 Å². The van der Waals surface area contributed by atoms with Crippen LogP contribution in [0.15, 0.2) is 48.8 Å². The average Bonchev–Trinajstić information content (AvgIpc) is 2.67. The van der Waals surface area contributed by atoms with Gasteiger partial charge in [0.2, 0.25) is 5.72 Å². The quantitative estimate of drug-likeness (QED) is 0.675. The van der Waals surface area contributed by atoms with E-state index in [4.69, 9.17) is 0 Å². The van der Waals surface area contributed by atoms with Gasteiger partial charge in [-0.15, -0.1) is 0 Å². The van der Waals surface area contributed by atoms with Gasteiger partial charge in [-0.3, -0.25) is 9.78 Å². The Morgan fingerprint density at radius 3 is 2.38 bits per heavy atom. The summed E-state index contributed by atoms with van der Waals surface area (Å²) in [6.07, 6.45) is -2.82. The summed E-state index contributed by atoms with van der Waals surface area (Å²) in [5.41, 5.74) is -2.86. The van der Waals surface area contributed by atoms with E-state index < -0.39 is 35.7 Å². The number of halogens is 3. The van der Waals surface area contributed by atoms with Crippen molar-refractivity contribution >= 4 is 17.5 Å². The molecule has 0 unspecified atom stereocenters. The molecule has 1 aromatic carbocycles. The molecule has 0 saturated carbocycles. The van der Waals surface area contributed by atoms with E-state index in [1.165, 1.54) is 35.8 Å². The Labute approximate surface area is 164 Å². The second-order valence-electron chi connectivity index (χ2n) is 6.91. The van der Waals surface area contributed by atoms with Crippen molar-refractivity contribution < 1.29 is 27.9 Å². The second kappa shape index (κ2) is 7.36. The number of urea groups is 1. The van der Waals surface area contributed by atoms with E-state index in [1.807, 2.05) is 0 Å². The molecule has 0 bridgehead atoms. The van der Waals surface area contributed by atoms with Crippen molar-refractivity contribution in [3.05, 3.63) is 59.9 Å². The van der Waals surface area contributed by atoms with Crippen LogP contribution in [-0.4, -0.2) is 47.9 Å². The van der Waals surface area contributed by atoms with Crippen molar-refractivity contribution in [2.45, 2.75) is 17.9 Å². The first-order valence-corrected chi connectivity index (χ1v) is 8.64. The normalized spacial score (nSPS) is 24.4. The summed E-state index contributed by atoms with van der Waals surface area (Å²) in [5.74, 6) is -3.08. The van der Waals surface area contributed by atoms with Gasteiger partial charge in [-0.1, -0.05) is 12.1 Å². The Balaban J connectivity index is 2.13. The van der Waals surface area contributed by atoms with Crippen molar-refractivity contribution in [1.29, 1.82) is 0 Å². The van der Waals surface area contributed by atoms with Gasteiger partial charge in [-0.05, 0) is 29.8 Å². The molecular weight excluding hydrogens is 389 g/mol. The monoisotopic (exact) mass is 408 g/mol. The molecule has 154 valence electrons. The number of nitrogens with one attached hydrogen (secondary N) is 2. The van der Waals surface area contributed by atoms with Gasteiger partial charge in [0.05, 0.1) is 6.04 Å². The maximum atomic E-state index is 13.8. The number of aromatic nitrogens is 1. The van der Waals surface area contributed by atoms with E-state index in [9.17, 15) is 27.9 Å². The molecule has 2 amide bonds. The van der Waals surface area contributed by atoms with Crippen molar-refractivity contribution in [1.82, 2.24) is 15.6 Å². The molecule has 0 radical (unpaired) electrons. The zero-order chi connectivity index (χ0) is 21.4. The number of alkyl halides is 3. The molecule has 3 N–H and O–H groups in total. The van der Waals surface area contributed by atoms with Gasteiger partial charge < -0.3 is 20.6 Å². The fraction of sp³-hybridized carbons (Fsp3) is 0.316. The predicted molar refractivity (Wildman–Crippen MR) is 98.2 cm³/mol. The minimum Gasteiger partial charge on any atom is -0.378 e. The summed E-state index contributed by atoms with van der Waals surface area (Å²) >= 11 is 0. The lowest BCUT2D eigenvalue weighted by atomic mass is 9.77. The second-order valence-corrected chi connectivity index (χ2v) is 6.91. The highest BCUT2D eigenvalue weighted by Crippen LogP contribution is 2.44. The fourth-order valence-corrected chi connectivity index (χ4v) is 3.28. The Hall–Kier alpha value is -3.14. The summed E-state index contributed by atoms with van der Waals surface area (Å²) in [7, 11) is 3.58. The highest BCUT2D eigenvalue weighted by Gasteiger charge is 2.66. The Kier molecular flexibility index (Phi) is 5.22. The van der Waals surface area contributed by atoms with Gasteiger partial charge in [0.1, 0.15) is 5.92 Å². The number of carbonyl (C=O) groups excluding carboxylic acids is 2. The van der Waals surface area contributed by atoms with Crippen LogP contribution in [0.3, 0.4) is 0 Å². The van der Waals surface area contributed by atoms with E-state index in [-0.39, 0.29) is 11.1 Å². The lowest BCUT2D eigenvalue weighted by Gasteiger charge is -2.45. The first kappa shape index (κ1) is 20.6. The molecule has 3 rings (SSSR count). The molecule has 29 heavy (non-hydrogen) atoms. The number of anilines is 1. The zero-order valence-corrected chi connectivity index (χ0v) is 15.6.